The van der Waals surface area contributed by atoms with Crippen LogP contribution in [0.5, 0.6) is 5.75 Å². The molecule has 0 spiro atoms. The lowest BCUT2D eigenvalue weighted by Gasteiger charge is -2.12. The number of para-hydroxylation sites is 1. The van der Waals surface area contributed by atoms with E-state index in [2.05, 4.69) is 4.99 Å². The number of benzene rings is 2. The van der Waals surface area contributed by atoms with Crippen molar-refractivity contribution in [2.75, 3.05) is 0 Å². The molecule has 4 nitrogen and oxygen atoms in total. The van der Waals surface area contributed by atoms with Crippen LogP contribution in [0.4, 0.5) is 5.69 Å². The number of carboxylic acids is 1. The number of aromatic hydroxyl groups is 1. The maximum Gasteiger partial charge on any atom is 0.307 e. The first kappa shape index (κ1) is 15.4. The molecule has 0 saturated heterocycles. The van der Waals surface area contributed by atoms with Gasteiger partial charge in [0.2, 0.25) is 0 Å². The topological polar surface area (TPSA) is 69.9 Å². The smallest absolute Gasteiger partial charge is 0.307 e. The van der Waals surface area contributed by atoms with Gasteiger partial charge in [0.25, 0.3) is 0 Å². The fourth-order valence-electron chi connectivity index (χ4n) is 2.43. The average molecular weight is 325 g/mol. The van der Waals surface area contributed by atoms with Crippen molar-refractivity contribution in [1.29, 1.82) is 0 Å². The lowest BCUT2D eigenvalue weighted by Crippen LogP contribution is -2.06. The fraction of sp³-hybridized carbons (Fsp3) is 0.111. The van der Waals surface area contributed by atoms with E-state index >= 15 is 0 Å². The number of hydrogen-bond donors (Lipinski definition) is 2. The third-order valence-electron chi connectivity index (χ3n) is 3.53. The standard InChI is InChI=1S/C18H15NO3S/c1-11-14(10-17(21)22)18(12-6-8-13(20)9-7-12)23-16-5-3-2-4-15(16)19-11/h2-9,20H,10H2,1H3,(H,21,22). The molecule has 0 fully saturated rings. The summed E-state index contributed by atoms with van der Waals surface area (Å²) in [5.74, 6) is -0.712. The van der Waals surface area contributed by atoms with Gasteiger partial charge in [0.15, 0.2) is 0 Å². The van der Waals surface area contributed by atoms with E-state index in [1.165, 1.54) is 11.8 Å². The summed E-state index contributed by atoms with van der Waals surface area (Å²) >= 11 is 1.51. The van der Waals surface area contributed by atoms with E-state index in [0.29, 0.717) is 11.3 Å². The predicted octanol–water partition coefficient (Wildman–Crippen LogP) is 4.48. The lowest BCUT2D eigenvalue weighted by atomic mass is 10.0. The first-order valence-corrected chi connectivity index (χ1v) is 7.93. The Bertz CT molecular complexity index is 822. The number of phenols is 1. The Kier molecular flexibility index (Phi) is 4.21. The summed E-state index contributed by atoms with van der Waals surface area (Å²) in [6.45, 7) is 1.83. The molecule has 116 valence electrons. The molecule has 0 amide bonds. The van der Waals surface area contributed by atoms with E-state index in [9.17, 15) is 15.0 Å². The summed E-state index contributed by atoms with van der Waals surface area (Å²) in [4.78, 5) is 17.7. The van der Waals surface area contributed by atoms with Gasteiger partial charge >= 0.3 is 5.97 Å². The first-order chi connectivity index (χ1) is 11.0. The molecule has 0 aliphatic carbocycles. The molecule has 5 heteroatoms. The SMILES string of the molecule is CC1=Nc2ccccc2SC(c2ccc(O)cc2)=C1CC(=O)O. The van der Waals surface area contributed by atoms with Crippen molar-refractivity contribution in [3.8, 4) is 5.75 Å². The highest BCUT2D eigenvalue weighted by Gasteiger charge is 2.21. The van der Waals surface area contributed by atoms with Crippen LogP contribution in [0, 0.1) is 0 Å². The number of rotatable bonds is 3. The number of carboxylic acid groups (broad SMARTS) is 1. The third kappa shape index (κ3) is 3.29. The van der Waals surface area contributed by atoms with Crippen LogP contribution in [0.15, 0.2) is 64.0 Å². The molecule has 23 heavy (non-hydrogen) atoms. The Labute approximate surface area is 138 Å². The number of phenolic OH excluding ortho intramolecular Hbond substituents is 1. The van der Waals surface area contributed by atoms with Gasteiger partial charge < -0.3 is 10.2 Å². The van der Waals surface area contributed by atoms with Crippen LogP contribution in [0.3, 0.4) is 0 Å². The molecule has 0 atom stereocenters. The van der Waals surface area contributed by atoms with Gasteiger partial charge in [-0.05, 0) is 42.3 Å². The van der Waals surface area contributed by atoms with Crippen LogP contribution < -0.4 is 0 Å². The number of aliphatic carboxylic acids is 1. The number of hydrogen-bond acceptors (Lipinski definition) is 4. The Morgan fingerprint density at radius 1 is 1.13 bits per heavy atom. The molecule has 2 aromatic carbocycles. The van der Waals surface area contributed by atoms with Crippen LogP contribution in [0.25, 0.3) is 4.91 Å². The fourth-order valence-corrected chi connectivity index (χ4v) is 3.61. The van der Waals surface area contributed by atoms with Crippen LogP contribution in [-0.4, -0.2) is 21.9 Å². The van der Waals surface area contributed by atoms with Crippen molar-refractivity contribution in [3.63, 3.8) is 0 Å². The molecule has 2 aromatic rings. The summed E-state index contributed by atoms with van der Waals surface area (Å²) in [5, 5.41) is 18.8. The predicted molar refractivity (Wildman–Crippen MR) is 92.3 cm³/mol. The number of aliphatic imine (C=N–C) groups is 1. The van der Waals surface area contributed by atoms with Crippen molar-refractivity contribution in [1.82, 2.24) is 0 Å². The molecular formula is C18H15NO3S. The Hall–Kier alpha value is -2.53. The van der Waals surface area contributed by atoms with Gasteiger partial charge in [0, 0.05) is 15.5 Å². The van der Waals surface area contributed by atoms with Crippen molar-refractivity contribution >= 4 is 34.0 Å². The Morgan fingerprint density at radius 3 is 2.52 bits per heavy atom. The molecule has 0 unspecified atom stereocenters. The lowest BCUT2D eigenvalue weighted by molar-refractivity contribution is -0.136. The van der Waals surface area contributed by atoms with Crippen molar-refractivity contribution < 1.29 is 15.0 Å². The summed E-state index contributed by atoms with van der Waals surface area (Å²) in [5.41, 5.74) is 3.11. The van der Waals surface area contributed by atoms with Crippen LogP contribution in [-0.2, 0) is 4.79 Å². The molecule has 1 aliphatic rings. The van der Waals surface area contributed by atoms with E-state index in [0.717, 1.165) is 21.1 Å². The largest absolute Gasteiger partial charge is 0.508 e. The van der Waals surface area contributed by atoms with E-state index < -0.39 is 5.97 Å². The summed E-state index contributed by atoms with van der Waals surface area (Å²) < 4.78 is 0. The van der Waals surface area contributed by atoms with Gasteiger partial charge in [-0.1, -0.05) is 36.0 Å². The third-order valence-corrected chi connectivity index (χ3v) is 4.79. The number of nitrogens with zero attached hydrogens (tertiary/aromatic N) is 1. The number of carbonyl (C=O) groups is 1. The van der Waals surface area contributed by atoms with Crippen LogP contribution in [0.1, 0.15) is 18.9 Å². The minimum atomic E-state index is -0.891. The number of fused-ring (bicyclic) bond motifs is 1. The van der Waals surface area contributed by atoms with Crippen LogP contribution in [0.2, 0.25) is 0 Å². The zero-order valence-electron chi connectivity index (χ0n) is 12.5. The van der Waals surface area contributed by atoms with Crippen molar-refractivity contribution in [3.05, 3.63) is 59.7 Å². The average Bonchev–Trinajstić information content (AvgIpc) is 2.65. The van der Waals surface area contributed by atoms with Gasteiger partial charge in [0.1, 0.15) is 5.75 Å². The van der Waals surface area contributed by atoms with Crippen molar-refractivity contribution in [2.24, 2.45) is 4.99 Å². The van der Waals surface area contributed by atoms with Gasteiger partial charge in [-0.15, -0.1) is 0 Å². The van der Waals surface area contributed by atoms with Crippen molar-refractivity contribution in [2.45, 2.75) is 18.2 Å². The Balaban J connectivity index is 2.18. The second kappa shape index (κ2) is 6.30. The van der Waals surface area contributed by atoms with Gasteiger partial charge in [-0.25, -0.2) is 0 Å². The normalized spacial score (nSPS) is 14.0. The first-order valence-electron chi connectivity index (χ1n) is 7.11. The molecule has 1 heterocycles. The quantitative estimate of drug-likeness (QED) is 0.873. The van der Waals surface area contributed by atoms with E-state index in [-0.39, 0.29) is 12.2 Å². The molecule has 0 saturated carbocycles. The van der Waals surface area contributed by atoms with E-state index in [1.54, 1.807) is 24.3 Å². The van der Waals surface area contributed by atoms with E-state index in [1.807, 2.05) is 31.2 Å². The monoisotopic (exact) mass is 325 g/mol. The molecule has 3 rings (SSSR count). The highest BCUT2D eigenvalue weighted by atomic mass is 32.2. The maximum absolute atomic E-state index is 11.3. The minimum Gasteiger partial charge on any atom is -0.508 e. The summed E-state index contributed by atoms with van der Waals surface area (Å²) in [6.07, 6.45) is -0.0907. The van der Waals surface area contributed by atoms with Gasteiger partial charge in [-0.2, -0.15) is 0 Å². The van der Waals surface area contributed by atoms with Gasteiger partial charge in [-0.3, -0.25) is 9.79 Å². The Morgan fingerprint density at radius 2 is 1.83 bits per heavy atom. The number of thioether (sulfide) groups is 1. The molecule has 2 N–H and O–H groups in total. The molecule has 1 aliphatic heterocycles. The van der Waals surface area contributed by atoms with Crippen LogP contribution >= 0.6 is 11.8 Å². The second-order valence-corrected chi connectivity index (χ2v) is 6.24. The maximum atomic E-state index is 11.3. The molecular weight excluding hydrogens is 310 g/mol. The molecule has 0 aromatic heterocycles. The highest BCUT2D eigenvalue weighted by Crippen LogP contribution is 2.44. The van der Waals surface area contributed by atoms with E-state index in [4.69, 9.17) is 0 Å². The zero-order chi connectivity index (χ0) is 16.4. The molecule has 0 bridgehead atoms. The molecule has 0 radical (unpaired) electrons. The highest BCUT2D eigenvalue weighted by molar-refractivity contribution is 8.08. The summed E-state index contributed by atoms with van der Waals surface area (Å²) in [6, 6.07) is 14.5. The zero-order valence-corrected chi connectivity index (χ0v) is 13.3. The minimum absolute atomic E-state index is 0.0907. The second-order valence-electron chi connectivity index (χ2n) is 5.19. The van der Waals surface area contributed by atoms with Gasteiger partial charge in [0.05, 0.1) is 12.1 Å². The summed E-state index contributed by atoms with van der Waals surface area (Å²) in [7, 11) is 0.